The molecule has 0 bridgehead atoms. The van der Waals surface area contributed by atoms with Gasteiger partial charge in [0, 0.05) is 0 Å². The Morgan fingerprint density at radius 3 is 2.80 bits per heavy atom. The highest BCUT2D eigenvalue weighted by Crippen LogP contribution is 2.62. The molecule has 3 aliphatic carbocycles. The fourth-order valence-electron chi connectivity index (χ4n) is 5.95. The Bertz CT molecular complexity index is 529. The second kappa shape index (κ2) is 4.36. The molecular weight excluding hydrogens is 240 g/mol. The Kier molecular flexibility index (Phi) is 2.81. The van der Waals surface area contributed by atoms with Crippen LogP contribution in [0.25, 0.3) is 0 Å². The third-order valence-corrected chi connectivity index (χ3v) is 7.36. The smallest absolute Gasteiger partial charge is 0.0128 e. The third kappa shape index (κ3) is 1.66. The number of benzene rings is 1. The molecule has 5 unspecified atom stereocenters. The maximum Gasteiger partial charge on any atom is -0.0128 e. The molecule has 0 heteroatoms. The van der Waals surface area contributed by atoms with Crippen LogP contribution in [0.5, 0.6) is 0 Å². The SMILES string of the molecule is Cc1ccc2c(c1)C1CCC3(C)C(C)CCC3C1CC2. The molecule has 3 aliphatic rings. The van der Waals surface area contributed by atoms with Crippen molar-refractivity contribution < 1.29 is 0 Å². The minimum absolute atomic E-state index is 0.655. The van der Waals surface area contributed by atoms with Crippen molar-refractivity contribution in [2.24, 2.45) is 23.2 Å². The molecule has 0 aromatic heterocycles. The van der Waals surface area contributed by atoms with Crippen LogP contribution in [0.1, 0.15) is 68.6 Å². The minimum Gasteiger partial charge on any atom is -0.0620 e. The zero-order valence-corrected chi connectivity index (χ0v) is 13.3. The van der Waals surface area contributed by atoms with E-state index in [1.54, 1.807) is 11.1 Å². The van der Waals surface area contributed by atoms with Gasteiger partial charge in [-0.15, -0.1) is 0 Å². The number of aryl methyl sites for hydroxylation is 2. The van der Waals surface area contributed by atoms with Crippen LogP contribution >= 0.6 is 0 Å². The third-order valence-electron chi connectivity index (χ3n) is 7.36. The summed E-state index contributed by atoms with van der Waals surface area (Å²) in [5.74, 6) is 3.81. The van der Waals surface area contributed by atoms with Crippen LogP contribution in [0.4, 0.5) is 0 Å². The molecule has 0 saturated heterocycles. The molecular formula is C20H28. The summed E-state index contributed by atoms with van der Waals surface area (Å²) >= 11 is 0. The number of hydrogen-bond acceptors (Lipinski definition) is 0. The highest BCUT2D eigenvalue weighted by molar-refractivity contribution is 5.37. The molecule has 1 aromatic carbocycles. The van der Waals surface area contributed by atoms with Crippen molar-refractivity contribution in [2.45, 2.75) is 65.2 Å². The molecule has 0 amide bonds. The Morgan fingerprint density at radius 2 is 1.95 bits per heavy atom. The van der Waals surface area contributed by atoms with E-state index in [-0.39, 0.29) is 0 Å². The summed E-state index contributed by atoms with van der Waals surface area (Å²) in [6.07, 6.45) is 8.67. The van der Waals surface area contributed by atoms with Gasteiger partial charge in [-0.05, 0) is 85.7 Å². The minimum atomic E-state index is 0.655. The lowest BCUT2D eigenvalue weighted by atomic mass is 9.54. The van der Waals surface area contributed by atoms with Crippen LogP contribution in [0.3, 0.4) is 0 Å². The summed E-state index contributed by atoms with van der Waals surface area (Å²) in [6.45, 7) is 7.38. The van der Waals surface area contributed by atoms with E-state index in [0.29, 0.717) is 5.41 Å². The van der Waals surface area contributed by atoms with Gasteiger partial charge < -0.3 is 0 Å². The maximum absolute atomic E-state index is 2.61. The van der Waals surface area contributed by atoms with Crippen molar-refractivity contribution in [2.75, 3.05) is 0 Å². The molecule has 2 saturated carbocycles. The first-order valence-corrected chi connectivity index (χ1v) is 8.69. The van der Waals surface area contributed by atoms with Crippen molar-refractivity contribution in [3.63, 3.8) is 0 Å². The Morgan fingerprint density at radius 1 is 1.10 bits per heavy atom. The Labute approximate surface area is 124 Å². The first kappa shape index (κ1) is 12.9. The summed E-state index contributed by atoms with van der Waals surface area (Å²) in [5.41, 5.74) is 5.49. The average molecular weight is 268 g/mol. The van der Waals surface area contributed by atoms with E-state index in [1.807, 2.05) is 0 Å². The number of hydrogen-bond donors (Lipinski definition) is 0. The van der Waals surface area contributed by atoms with Crippen molar-refractivity contribution in [1.82, 2.24) is 0 Å². The summed E-state index contributed by atoms with van der Waals surface area (Å²) < 4.78 is 0. The zero-order valence-electron chi connectivity index (χ0n) is 13.3. The molecule has 0 aliphatic heterocycles. The van der Waals surface area contributed by atoms with E-state index in [9.17, 15) is 0 Å². The predicted octanol–water partition coefficient (Wildman–Crippen LogP) is 5.49. The van der Waals surface area contributed by atoms with Crippen LogP contribution in [0.15, 0.2) is 18.2 Å². The fraction of sp³-hybridized carbons (Fsp3) is 0.700. The molecule has 0 spiro atoms. The average Bonchev–Trinajstić information content (AvgIpc) is 2.74. The van der Waals surface area contributed by atoms with Gasteiger partial charge >= 0.3 is 0 Å². The van der Waals surface area contributed by atoms with Gasteiger partial charge in [-0.25, -0.2) is 0 Å². The van der Waals surface area contributed by atoms with Crippen LogP contribution in [-0.4, -0.2) is 0 Å². The first-order chi connectivity index (χ1) is 9.59. The molecule has 2 fully saturated rings. The summed E-state index contributed by atoms with van der Waals surface area (Å²) in [6, 6.07) is 7.23. The van der Waals surface area contributed by atoms with Crippen LogP contribution in [0.2, 0.25) is 0 Å². The molecule has 0 heterocycles. The maximum atomic E-state index is 2.61. The van der Waals surface area contributed by atoms with Gasteiger partial charge in [-0.2, -0.15) is 0 Å². The van der Waals surface area contributed by atoms with Crippen molar-refractivity contribution in [3.05, 3.63) is 34.9 Å². The molecule has 0 N–H and O–H groups in total. The van der Waals surface area contributed by atoms with Gasteiger partial charge in [0.2, 0.25) is 0 Å². The molecule has 108 valence electrons. The van der Waals surface area contributed by atoms with E-state index in [1.165, 1.54) is 44.1 Å². The van der Waals surface area contributed by atoms with Crippen molar-refractivity contribution >= 4 is 0 Å². The van der Waals surface area contributed by atoms with E-state index >= 15 is 0 Å². The Balaban J connectivity index is 1.73. The van der Waals surface area contributed by atoms with Gasteiger partial charge in [0.05, 0.1) is 0 Å². The topological polar surface area (TPSA) is 0 Å². The second-order valence-electron chi connectivity index (χ2n) is 8.14. The van der Waals surface area contributed by atoms with Crippen LogP contribution in [-0.2, 0) is 6.42 Å². The van der Waals surface area contributed by atoms with Gasteiger partial charge in [-0.1, -0.05) is 37.6 Å². The molecule has 4 rings (SSSR count). The van der Waals surface area contributed by atoms with E-state index < -0.39 is 0 Å². The van der Waals surface area contributed by atoms with Crippen LogP contribution in [0, 0.1) is 30.1 Å². The van der Waals surface area contributed by atoms with E-state index in [4.69, 9.17) is 0 Å². The monoisotopic (exact) mass is 268 g/mol. The standard InChI is InChI=1S/C20H28/c1-13-4-6-15-7-8-17-16(18(15)12-13)10-11-20(3)14(2)5-9-19(17)20/h4,6,12,14,16-17,19H,5,7-11H2,1-3H3. The Hall–Kier alpha value is -0.780. The highest BCUT2D eigenvalue weighted by atomic mass is 14.6. The molecule has 0 nitrogen and oxygen atoms in total. The largest absolute Gasteiger partial charge is 0.0620 e. The van der Waals surface area contributed by atoms with E-state index in [0.717, 1.165) is 23.7 Å². The molecule has 1 aromatic rings. The van der Waals surface area contributed by atoms with Gasteiger partial charge in [0.15, 0.2) is 0 Å². The van der Waals surface area contributed by atoms with Gasteiger partial charge in [0.1, 0.15) is 0 Å². The molecule has 0 radical (unpaired) electrons. The predicted molar refractivity (Wildman–Crippen MR) is 85.0 cm³/mol. The quantitative estimate of drug-likeness (QED) is 0.584. The number of fused-ring (bicyclic) bond motifs is 5. The summed E-state index contributed by atoms with van der Waals surface area (Å²) in [7, 11) is 0. The summed E-state index contributed by atoms with van der Waals surface area (Å²) in [4.78, 5) is 0. The normalized spacial score (nSPS) is 42.8. The first-order valence-electron chi connectivity index (χ1n) is 8.69. The van der Waals surface area contributed by atoms with Crippen molar-refractivity contribution in [1.29, 1.82) is 0 Å². The van der Waals surface area contributed by atoms with Gasteiger partial charge in [0.25, 0.3) is 0 Å². The lowest BCUT2D eigenvalue weighted by Crippen LogP contribution is -2.41. The number of rotatable bonds is 0. The van der Waals surface area contributed by atoms with Crippen molar-refractivity contribution in [3.8, 4) is 0 Å². The highest BCUT2D eigenvalue weighted by Gasteiger charge is 2.53. The second-order valence-corrected chi connectivity index (χ2v) is 8.14. The van der Waals surface area contributed by atoms with Gasteiger partial charge in [-0.3, -0.25) is 0 Å². The fourth-order valence-corrected chi connectivity index (χ4v) is 5.95. The zero-order chi connectivity index (χ0) is 13.9. The molecule has 5 atom stereocenters. The summed E-state index contributed by atoms with van der Waals surface area (Å²) in [5, 5.41) is 0. The lowest BCUT2D eigenvalue weighted by molar-refractivity contribution is 0.0336. The van der Waals surface area contributed by atoms with Crippen LogP contribution < -0.4 is 0 Å². The molecule has 20 heavy (non-hydrogen) atoms. The lowest BCUT2D eigenvalue weighted by Gasteiger charge is -2.50. The van der Waals surface area contributed by atoms with E-state index in [2.05, 4.69) is 39.0 Å².